The molecule has 3 N–H and O–H groups in total. The smallest absolute Gasteiger partial charge is 0.266 e. The van der Waals surface area contributed by atoms with E-state index in [1.165, 1.54) is 6.07 Å². The molecule has 0 saturated carbocycles. The summed E-state index contributed by atoms with van der Waals surface area (Å²) < 4.78 is 3.13. The molecule has 1 aromatic carbocycles. The van der Waals surface area contributed by atoms with E-state index in [9.17, 15) is 14.4 Å². The number of benzene rings is 1. The number of H-pyrrole nitrogens is 1. The largest absolute Gasteiger partial charge is 0.352 e. The maximum Gasteiger partial charge on any atom is 0.266 e. The van der Waals surface area contributed by atoms with Crippen molar-refractivity contribution >= 4 is 23.1 Å². The van der Waals surface area contributed by atoms with Gasteiger partial charge in [0.1, 0.15) is 6.54 Å². The number of aromatic nitrogens is 5. The second-order valence-corrected chi connectivity index (χ2v) is 7.48. The van der Waals surface area contributed by atoms with Crippen LogP contribution < -0.4 is 16.2 Å². The molecule has 0 radical (unpaired) electrons. The van der Waals surface area contributed by atoms with Crippen molar-refractivity contribution in [1.29, 1.82) is 0 Å². The Balaban J connectivity index is 1.37. The van der Waals surface area contributed by atoms with Crippen LogP contribution in [-0.2, 0) is 29.1 Å². The summed E-state index contributed by atoms with van der Waals surface area (Å²) in [4.78, 5) is 40.7. The molecule has 0 spiro atoms. The number of hydrogen-bond acceptors (Lipinski definition) is 5. The van der Waals surface area contributed by atoms with E-state index in [1.807, 2.05) is 32.0 Å². The van der Waals surface area contributed by atoms with Crippen molar-refractivity contribution in [1.82, 2.24) is 29.7 Å². The van der Waals surface area contributed by atoms with Crippen molar-refractivity contribution < 1.29 is 9.59 Å². The second kappa shape index (κ2) is 8.88. The van der Waals surface area contributed by atoms with Gasteiger partial charge in [0, 0.05) is 47.6 Å². The molecular weight excluding hydrogens is 410 g/mol. The minimum atomic E-state index is -0.238. The van der Waals surface area contributed by atoms with Crippen molar-refractivity contribution in [3.8, 4) is 0 Å². The molecule has 4 rings (SSSR count). The van der Waals surface area contributed by atoms with Gasteiger partial charge in [-0.25, -0.2) is 9.50 Å². The van der Waals surface area contributed by atoms with Crippen molar-refractivity contribution in [3.63, 3.8) is 0 Å². The highest BCUT2D eigenvalue weighted by Crippen LogP contribution is 2.14. The highest BCUT2D eigenvalue weighted by Gasteiger charge is 2.14. The molecule has 0 saturated heterocycles. The topological polar surface area (TPSA) is 126 Å². The molecule has 0 bridgehead atoms. The van der Waals surface area contributed by atoms with E-state index in [-0.39, 0.29) is 30.3 Å². The van der Waals surface area contributed by atoms with Crippen LogP contribution in [0.1, 0.15) is 22.5 Å². The zero-order valence-electron chi connectivity index (χ0n) is 17.8. The quantitative estimate of drug-likeness (QED) is 0.405. The standard InChI is InChI=1S/C22H23N7O3/c1-14-18(15(2)29-19(25-14)11-21(31)27-29)10-20(30)23-12-16-5-3-6-17(9-16)26-22(32)13-28-8-4-7-24-28/h3-9,11H,10,12-13H2,1-2H3,(H,23,30)(H,26,32)(H,27,31). The Kier molecular flexibility index (Phi) is 5.84. The Bertz CT molecular complexity index is 1340. The Hall–Kier alpha value is -4.21. The summed E-state index contributed by atoms with van der Waals surface area (Å²) in [6.07, 6.45) is 3.48. The van der Waals surface area contributed by atoms with E-state index >= 15 is 0 Å². The van der Waals surface area contributed by atoms with Gasteiger partial charge >= 0.3 is 0 Å². The van der Waals surface area contributed by atoms with E-state index in [1.54, 1.807) is 33.7 Å². The zero-order valence-corrected chi connectivity index (χ0v) is 17.8. The van der Waals surface area contributed by atoms with Crippen LogP contribution in [0.5, 0.6) is 0 Å². The summed E-state index contributed by atoms with van der Waals surface area (Å²) >= 11 is 0. The number of aromatic amines is 1. The summed E-state index contributed by atoms with van der Waals surface area (Å²) in [5.74, 6) is -0.355. The van der Waals surface area contributed by atoms with Gasteiger partial charge < -0.3 is 10.6 Å². The molecule has 2 amide bonds. The van der Waals surface area contributed by atoms with Crippen LogP contribution in [0.15, 0.2) is 53.6 Å². The van der Waals surface area contributed by atoms with Gasteiger partial charge in [0.2, 0.25) is 11.8 Å². The number of anilines is 1. The highest BCUT2D eigenvalue weighted by molar-refractivity contribution is 5.90. The van der Waals surface area contributed by atoms with E-state index in [0.717, 1.165) is 16.8 Å². The van der Waals surface area contributed by atoms with Crippen LogP contribution in [0.25, 0.3) is 5.65 Å². The van der Waals surface area contributed by atoms with Gasteiger partial charge in [0.05, 0.1) is 6.42 Å². The van der Waals surface area contributed by atoms with Gasteiger partial charge in [0.25, 0.3) is 5.56 Å². The first-order valence-electron chi connectivity index (χ1n) is 10.1. The Morgan fingerprint density at radius 2 is 1.97 bits per heavy atom. The van der Waals surface area contributed by atoms with Crippen LogP contribution >= 0.6 is 0 Å². The number of carbonyl (C=O) groups excluding carboxylic acids is 2. The first-order valence-corrected chi connectivity index (χ1v) is 10.1. The first-order chi connectivity index (χ1) is 15.4. The molecule has 3 aromatic heterocycles. The Morgan fingerprint density at radius 3 is 2.75 bits per heavy atom. The Morgan fingerprint density at radius 1 is 1.12 bits per heavy atom. The van der Waals surface area contributed by atoms with Crippen molar-refractivity contribution in [3.05, 3.63) is 81.7 Å². The van der Waals surface area contributed by atoms with Crippen LogP contribution in [0.4, 0.5) is 5.69 Å². The SMILES string of the molecule is Cc1nc2cc(=O)[nH]n2c(C)c1CC(=O)NCc1cccc(NC(=O)Cn2cccn2)c1. The number of nitrogens with zero attached hydrogens (tertiary/aromatic N) is 4. The van der Waals surface area contributed by atoms with E-state index in [4.69, 9.17) is 0 Å². The fraction of sp³-hybridized carbons (Fsp3) is 0.227. The van der Waals surface area contributed by atoms with Crippen LogP contribution in [-0.4, -0.2) is 36.2 Å². The van der Waals surface area contributed by atoms with Gasteiger partial charge in [-0.1, -0.05) is 12.1 Å². The van der Waals surface area contributed by atoms with Gasteiger partial charge in [-0.2, -0.15) is 5.10 Å². The van der Waals surface area contributed by atoms with Crippen molar-refractivity contribution in [2.45, 2.75) is 33.4 Å². The number of fused-ring (bicyclic) bond motifs is 1. The lowest BCUT2D eigenvalue weighted by Gasteiger charge is -2.12. The number of rotatable bonds is 7. The highest BCUT2D eigenvalue weighted by atomic mass is 16.2. The molecular formula is C22H23N7O3. The number of nitrogens with one attached hydrogen (secondary N) is 3. The first kappa shape index (κ1) is 21.0. The maximum absolute atomic E-state index is 12.6. The van der Waals surface area contributed by atoms with Crippen molar-refractivity contribution in [2.75, 3.05) is 5.32 Å². The maximum atomic E-state index is 12.6. The molecule has 0 unspecified atom stereocenters. The van der Waals surface area contributed by atoms with E-state index in [2.05, 4.69) is 25.8 Å². The molecule has 0 aliphatic rings. The molecule has 4 aromatic rings. The molecule has 0 atom stereocenters. The molecule has 32 heavy (non-hydrogen) atoms. The molecule has 164 valence electrons. The van der Waals surface area contributed by atoms with Crippen LogP contribution in [0.3, 0.4) is 0 Å². The lowest BCUT2D eigenvalue weighted by molar-refractivity contribution is -0.120. The lowest BCUT2D eigenvalue weighted by Crippen LogP contribution is -2.26. The summed E-state index contributed by atoms with van der Waals surface area (Å²) in [6.45, 7) is 4.10. The summed E-state index contributed by atoms with van der Waals surface area (Å²) in [5.41, 5.74) is 4.03. The van der Waals surface area contributed by atoms with Crippen LogP contribution in [0.2, 0.25) is 0 Å². The zero-order chi connectivity index (χ0) is 22.7. The molecule has 10 nitrogen and oxygen atoms in total. The third kappa shape index (κ3) is 4.75. The minimum Gasteiger partial charge on any atom is -0.352 e. The second-order valence-electron chi connectivity index (χ2n) is 7.48. The Labute approximate surface area is 183 Å². The fourth-order valence-electron chi connectivity index (χ4n) is 3.54. The average molecular weight is 433 g/mol. The van der Waals surface area contributed by atoms with Crippen molar-refractivity contribution in [2.24, 2.45) is 0 Å². The molecule has 0 aliphatic carbocycles. The molecule has 0 aliphatic heterocycles. The third-order valence-corrected chi connectivity index (χ3v) is 5.10. The number of aryl methyl sites for hydroxylation is 2. The molecule has 10 heteroatoms. The van der Waals surface area contributed by atoms with E-state index < -0.39 is 0 Å². The molecule has 3 heterocycles. The summed E-state index contributed by atoms with van der Waals surface area (Å²) in [5, 5.41) is 12.4. The van der Waals surface area contributed by atoms with Gasteiger partial charge in [-0.3, -0.25) is 24.2 Å². The predicted octanol–water partition coefficient (Wildman–Crippen LogP) is 1.33. The average Bonchev–Trinajstić information content (AvgIpc) is 3.39. The number of hydrogen-bond donors (Lipinski definition) is 3. The van der Waals surface area contributed by atoms with Gasteiger partial charge in [-0.15, -0.1) is 0 Å². The fourth-order valence-corrected chi connectivity index (χ4v) is 3.54. The lowest BCUT2D eigenvalue weighted by atomic mass is 10.1. The van der Waals surface area contributed by atoms with E-state index in [0.29, 0.717) is 23.6 Å². The summed E-state index contributed by atoms with van der Waals surface area (Å²) in [7, 11) is 0. The van der Waals surface area contributed by atoms with Gasteiger partial charge in [0.15, 0.2) is 5.65 Å². The number of amides is 2. The molecule has 0 fully saturated rings. The minimum absolute atomic E-state index is 0.123. The predicted molar refractivity (Wildman–Crippen MR) is 118 cm³/mol. The monoisotopic (exact) mass is 433 g/mol. The normalized spacial score (nSPS) is 10.9. The number of carbonyl (C=O) groups is 2. The van der Waals surface area contributed by atoms with Crippen LogP contribution in [0, 0.1) is 13.8 Å². The third-order valence-electron chi connectivity index (χ3n) is 5.10. The summed E-state index contributed by atoms with van der Waals surface area (Å²) in [6, 6.07) is 10.5. The van der Waals surface area contributed by atoms with Gasteiger partial charge in [-0.05, 0) is 37.6 Å².